The second-order valence-electron chi connectivity index (χ2n) is 6.19. The van der Waals surface area contributed by atoms with E-state index >= 15 is 0 Å². The number of nitrogens with two attached hydrogens (primary N) is 2. The highest BCUT2D eigenvalue weighted by Gasteiger charge is 2.43. The highest BCUT2D eigenvalue weighted by molar-refractivity contribution is 5.85. The molecule has 4 nitrogen and oxygen atoms in total. The Morgan fingerprint density at radius 1 is 1.47 bits per heavy atom. The molecule has 3 unspecified atom stereocenters. The van der Waals surface area contributed by atoms with Gasteiger partial charge in [-0.2, -0.15) is 0 Å². The van der Waals surface area contributed by atoms with Crippen LogP contribution in [0.5, 0.6) is 0 Å². The van der Waals surface area contributed by atoms with Gasteiger partial charge in [0.1, 0.15) is 0 Å². The molecular weight excluding hydrogens is 238 g/mol. The molecule has 0 bridgehead atoms. The summed E-state index contributed by atoms with van der Waals surface area (Å²) in [4.78, 5) is 14.0. The van der Waals surface area contributed by atoms with Crippen molar-refractivity contribution >= 4 is 5.91 Å². The first-order valence-electron chi connectivity index (χ1n) is 7.75. The predicted molar refractivity (Wildman–Crippen MR) is 79.6 cm³/mol. The molecule has 4 N–H and O–H groups in total. The van der Waals surface area contributed by atoms with Gasteiger partial charge in [0.25, 0.3) is 0 Å². The molecule has 0 aromatic heterocycles. The Labute approximate surface area is 117 Å². The molecule has 1 aliphatic rings. The summed E-state index contributed by atoms with van der Waals surface area (Å²) < 4.78 is 0. The van der Waals surface area contributed by atoms with Crippen molar-refractivity contribution < 1.29 is 4.79 Å². The molecule has 112 valence electrons. The summed E-state index contributed by atoms with van der Waals surface area (Å²) in [5.74, 6) is 0.665. The van der Waals surface area contributed by atoms with Crippen LogP contribution in [0.1, 0.15) is 52.9 Å². The Balaban J connectivity index is 2.48. The first-order chi connectivity index (χ1) is 8.93. The molecule has 0 aromatic rings. The smallest absolute Gasteiger partial charge is 0.237 e. The SMILES string of the molecule is CCC(C)CN(CC)CCC1CCCC1(N)C(N)=O. The molecule has 1 aliphatic carbocycles. The fraction of sp³-hybridized carbons (Fsp3) is 0.933. The minimum absolute atomic E-state index is 0.260. The van der Waals surface area contributed by atoms with Crippen molar-refractivity contribution in [2.45, 2.75) is 58.4 Å². The Morgan fingerprint density at radius 2 is 2.16 bits per heavy atom. The van der Waals surface area contributed by atoms with Gasteiger partial charge in [0.05, 0.1) is 5.54 Å². The van der Waals surface area contributed by atoms with Gasteiger partial charge in [0.15, 0.2) is 0 Å². The summed E-state index contributed by atoms with van der Waals surface area (Å²) in [5.41, 5.74) is 10.9. The van der Waals surface area contributed by atoms with Crippen LogP contribution in [0.3, 0.4) is 0 Å². The van der Waals surface area contributed by atoms with E-state index in [1.165, 1.54) is 6.42 Å². The second kappa shape index (κ2) is 7.25. The Morgan fingerprint density at radius 3 is 2.68 bits per heavy atom. The van der Waals surface area contributed by atoms with Crippen molar-refractivity contribution in [2.24, 2.45) is 23.3 Å². The van der Waals surface area contributed by atoms with Crippen LogP contribution in [-0.2, 0) is 4.79 Å². The molecule has 0 spiro atoms. The summed E-state index contributed by atoms with van der Waals surface area (Å²) in [6.07, 6.45) is 5.03. The molecule has 0 radical (unpaired) electrons. The van der Waals surface area contributed by atoms with Crippen molar-refractivity contribution in [2.75, 3.05) is 19.6 Å². The lowest BCUT2D eigenvalue weighted by atomic mass is 9.85. The lowest BCUT2D eigenvalue weighted by Crippen LogP contribution is -2.55. The molecule has 0 heterocycles. The van der Waals surface area contributed by atoms with E-state index in [1.54, 1.807) is 0 Å². The number of carbonyl (C=O) groups excluding carboxylic acids is 1. The Kier molecular flexibility index (Phi) is 6.27. The van der Waals surface area contributed by atoms with Gasteiger partial charge in [-0.05, 0) is 44.2 Å². The molecular formula is C15H31N3O. The van der Waals surface area contributed by atoms with E-state index in [9.17, 15) is 4.79 Å². The summed E-state index contributed by atoms with van der Waals surface area (Å²) in [6, 6.07) is 0. The summed E-state index contributed by atoms with van der Waals surface area (Å²) in [6.45, 7) is 9.93. The average Bonchev–Trinajstić information content (AvgIpc) is 2.77. The van der Waals surface area contributed by atoms with Gasteiger partial charge in [-0.25, -0.2) is 0 Å². The summed E-state index contributed by atoms with van der Waals surface area (Å²) in [5, 5.41) is 0. The number of hydrogen-bond donors (Lipinski definition) is 2. The monoisotopic (exact) mass is 269 g/mol. The quantitative estimate of drug-likeness (QED) is 0.705. The average molecular weight is 269 g/mol. The van der Waals surface area contributed by atoms with Crippen molar-refractivity contribution in [3.05, 3.63) is 0 Å². The van der Waals surface area contributed by atoms with E-state index in [0.29, 0.717) is 0 Å². The maximum atomic E-state index is 11.6. The van der Waals surface area contributed by atoms with Crippen LogP contribution in [0.25, 0.3) is 0 Å². The molecule has 1 rings (SSSR count). The summed E-state index contributed by atoms with van der Waals surface area (Å²) in [7, 11) is 0. The normalized spacial score (nSPS) is 28.8. The maximum Gasteiger partial charge on any atom is 0.237 e. The minimum atomic E-state index is -0.754. The van der Waals surface area contributed by atoms with Crippen LogP contribution >= 0.6 is 0 Å². The molecule has 19 heavy (non-hydrogen) atoms. The number of hydrogen-bond acceptors (Lipinski definition) is 3. The molecule has 0 aliphatic heterocycles. The zero-order valence-corrected chi connectivity index (χ0v) is 12.8. The third kappa shape index (κ3) is 4.18. The van der Waals surface area contributed by atoms with Gasteiger partial charge in [-0.15, -0.1) is 0 Å². The van der Waals surface area contributed by atoms with Crippen molar-refractivity contribution in [3.8, 4) is 0 Å². The standard InChI is InChI=1S/C15H31N3O/c1-4-12(3)11-18(5-2)10-8-13-7-6-9-15(13,17)14(16)19/h12-13H,4-11,17H2,1-3H3,(H2,16,19). The molecule has 1 amide bonds. The lowest BCUT2D eigenvalue weighted by Gasteiger charge is -2.31. The second-order valence-corrected chi connectivity index (χ2v) is 6.19. The van der Waals surface area contributed by atoms with Crippen LogP contribution in [0.4, 0.5) is 0 Å². The highest BCUT2D eigenvalue weighted by Crippen LogP contribution is 2.36. The van der Waals surface area contributed by atoms with Crippen LogP contribution in [0, 0.1) is 11.8 Å². The minimum Gasteiger partial charge on any atom is -0.368 e. The van der Waals surface area contributed by atoms with Gasteiger partial charge in [0.2, 0.25) is 5.91 Å². The highest BCUT2D eigenvalue weighted by atomic mass is 16.1. The largest absolute Gasteiger partial charge is 0.368 e. The van der Waals surface area contributed by atoms with Crippen LogP contribution in [0.2, 0.25) is 0 Å². The van der Waals surface area contributed by atoms with Crippen molar-refractivity contribution in [1.29, 1.82) is 0 Å². The lowest BCUT2D eigenvalue weighted by molar-refractivity contribution is -0.124. The van der Waals surface area contributed by atoms with E-state index in [-0.39, 0.29) is 11.8 Å². The first-order valence-corrected chi connectivity index (χ1v) is 7.75. The Bertz CT molecular complexity index is 295. The zero-order chi connectivity index (χ0) is 14.5. The van der Waals surface area contributed by atoms with Gasteiger partial charge in [-0.3, -0.25) is 4.79 Å². The van der Waals surface area contributed by atoms with Gasteiger partial charge < -0.3 is 16.4 Å². The van der Waals surface area contributed by atoms with Gasteiger partial charge >= 0.3 is 0 Å². The predicted octanol–water partition coefficient (Wildman–Crippen LogP) is 1.73. The summed E-state index contributed by atoms with van der Waals surface area (Å²) >= 11 is 0. The molecule has 1 saturated carbocycles. The number of amides is 1. The maximum absolute atomic E-state index is 11.6. The molecule has 3 atom stereocenters. The fourth-order valence-corrected chi connectivity index (χ4v) is 3.12. The zero-order valence-electron chi connectivity index (χ0n) is 12.8. The fourth-order valence-electron chi connectivity index (χ4n) is 3.12. The molecule has 1 fully saturated rings. The van der Waals surface area contributed by atoms with Crippen LogP contribution in [0.15, 0.2) is 0 Å². The van der Waals surface area contributed by atoms with E-state index in [4.69, 9.17) is 11.5 Å². The number of carbonyl (C=O) groups is 1. The van der Waals surface area contributed by atoms with E-state index in [0.717, 1.165) is 51.2 Å². The van der Waals surface area contributed by atoms with Crippen molar-refractivity contribution in [3.63, 3.8) is 0 Å². The van der Waals surface area contributed by atoms with Crippen molar-refractivity contribution in [1.82, 2.24) is 4.90 Å². The first kappa shape index (κ1) is 16.4. The Hall–Kier alpha value is -0.610. The third-order valence-electron chi connectivity index (χ3n) is 4.84. The number of primary amides is 1. The van der Waals surface area contributed by atoms with E-state index < -0.39 is 5.54 Å². The van der Waals surface area contributed by atoms with Gasteiger partial charge in [-0.1, -0.05) is 33.6 Å². The third-order valence-corrected chi connectivity index (χ3v) is 4.84. The number of rotatable bonds is 8. The molecule has 4 heteroatoms. The van der Waals surface area contributed by atoms with Crippen LogP contribution in [-0.4, -0.2) is 36.0 Å². The van der Waals surface area contributed by atoms with E-state index in [1.807, 2.05) is 0 Å². The molecule has 0 aromatic carbocycles. The van der Waals surface area contributed by atoms with Crippen LogP contribution < -0.4 is 11.5 Å². The number of nitrogens with zero attached hydrogens (tertiary/aromatic N) is 1. The topological polar surface area (TPSA) is 72.3 Å². The van der Waals surface area contributed by atoms with E-state index in [2.05, 4.69) is 25.7 Å². The van der Waals surface area contributed by atoms with Gasteiger partial charge in [0, 0.05) is 6.54 Å². The molecule has 0 saturated heterocycles.